The van der Waals surface area contributed by atoms with E-state index in [9.17, 15) is 9.90 Å². The first kappa shape index (κ1) is 16.9. The molecule has 1 unspecified atom stereocenters. The van der Waals surface area contributed by atoms with Crippen LogP contribution in [0.25, 0.3) is 0 Å². The number of para-hydroxylation sites is 1. The number of aliphatic hydroxyl groups is 1. The largest absolute Gasteiger partial charge is 0.487 e. The predicted molar refractivity (Wildman–Crippen MR) is 86.3 cm³/mol. The van der Waals surface area contributed by atoms with Crippen molar-refractivity contribution in [3.05, 3.63) is 29.3 Å². The monoisotopic (exact) mass is 326 g/mol. The summed E-state index contributed by atoms with van der Waals surface area (Å²) in [5, 5.41) is 15.4. The lowest BCUT2D eigenvalue weighted by Gasteiger charge is -2.19. The molecule has 0 bridgehead atoms. The van der Waals surface area contributed by atoms with Crippen molar-refractivity contribution in [1.29, 1.82) is 0 Å². The molecule has 0 saturated heterocycles. The Hall–Kier alpha value is -1.46. The van der Waals surface area contributed by atoms with E-state index in [0.29, 0.717) is 23.9 Å². The molecule has 0 aliphatic heterocycles. The fraction of sp³-hybridized carbons (Fsp3) is 0.562. The molecule has 0 spiro atoms. The molecular weight excluding hydrogens is 304 g/mol. The van der Waals surface area contributed by atoms with E-state index in [0.717, 1.165) is 19.3 Å². The molecule has 22 heavy (non-hydrogen) atoms. The van der Waals surface area contributed by atoms with Gasteiger partial charge in [-0.15, -0.1) is 0 Å². The summed E-state index contributed by atoms with van der Waals surface area (Å²) >= 11 is 6.06. The first-order chi connectivity index (χ1) is 10.6. The average Bonchev–Trinajstić information content (AvgIpc) is 3.32. The Bertz CT molecular complexity index is 506. The lowest BCUT2D eigenvalue weighted by molar-refractivity contribution is 0.185. The predicted octanol–water partition coefficient (Wildman–Crippen LogP) is 2.57. The normalized spacial score (nSPS) is 16.7. The fourth-order valence-corrected chi connectivity index (χ4v) is 2.27. The van der Waals surface area contributed by atoms with Gasteiger partial charge in [0.25, 0.3) is 0 Å². The van der Waals surface area contributed by atoms with Gasteiger partial charge in [-0.3, -0.25) is 0 Å². The van der Waals surface area contributed by atoms with Gasteiger partial charge in [-0.2, -0.15) is 0 Å². The van der Waals surface area contributed by atoms with Gasteiger partial charge in [-0.1, -0.05) is 30.7 Å². The molecule has 3 N–H and O–H groups in total. The second-order valence-corrected chi connectivity index (χ2v) is 6.21. The molecule has 0 aromatic heterocycles. The number of halogens is 1. The number of hydrogen-bond donors (Lipinski definition) is 3. The van der Waals surface area contributed by atoms with Gasteiger partial charge in [0, 0.05) is 12.0 Å². The Morgan fingerprint density at radius 2 is 2.14 bits per heavy atom. The molecule has 6 heteroatoms. The van der Waals surface area contributed by atoms with Gasteiger partial charge in [-0.05, 0) is 31.4 Å². The Morgan fingerprint density at radius 1 is 1.41 bits per heavy atom. The molecule has 122 valence electrons. The van der Waals surface area contributed by atoms with Crippen molar-refractivity contribution < 1.29 is 14.6 Å². The summed E-state index contributed by atoms with van der Waals surface area (Å²) < 4.78 is 5.81. The summed E-state index contributed by atoms with van der Waals surface area (Å²) in [5.74, 6) is 0.621. The number of nitrogens with one attached hydrogen (secondary N) is 2. The summed E-state index contributed by atoms with van der Waals surface area (Å²) in [6.07, 6.45) is 2.55. The van der Waals surface area contributed by atoms with E-state index in [1.807, 2.05) is 25.1 Å². The molecule has 2 amide bonds. The third kappa shape index (κ3) is 4.78. The lowest BCUT2D eigenvalue weighted by Crippen LogP contribution is -2.43. The van der Waals surface area contributed by atoms with Crippen molar-refractivity contribution in [1.82, 2.24) is 10.6 Å². The van der Waals surface area contributed by atoms with Crippen LogP contribution in [-0.2, 0) is 0 Å². The lowest BCUT2D eigenvalue weighted by atomic mass is 10.1. The van der Waals surface area contributed by atoms with E-state index in [4.69, 9.17) is 16.3 Å². The Balaban J connectivity index is 1.73. The van der Waals surface area contributed by atoms with Crippen LogP contribution in [0.4, 0.5) is 4.79 Å². The van der Waals surface area contributed by atoms with Crippen molar-refractivity contribution in [3.8, 4) is 5.75 Å². The molecule has 1 aromatic carbocycles. The number of hydrogen-bond acceptors (Lipinski definition) is 3. The zero-order chi connectivity index (χ0) is 16.0. The van der Waals surface area contributed by atoms with Gasteiger partial charge in [0.1, 0.15) is 11.9 Å². The van der Waals surface area contributed by atoms with E-state index in [-0.39, 0.29) is 24.2 Å². The maximum absolute atomic E-state index is 11.8. The van der Waals surface area contributed by atoms with E-state index >= 15 is 0 Å². The van der Waals surface area contributed by atoms with Crippen molar-refractivity contribution in [2.24, 2.45) is 5.41 Å². The van der Waals surface area contributed by atoms with Crippen LogP contribution < -0.4 is 15.4 Å². The van der Waals surface area contributed by atoms with E-state index in [1.165, 1.54) is 0 Å². The van der Waals surface area contributed by atoms with Crippen LogP contribution in [0.1, 0.15) is 26.2 Å². The number of carbonyl (C=O) groups is 1. The highest BCUT2D eigenvalue weighted by atomic mass is 35.5. The van der Waals surface area contributed by atoms with Gasteiger partial charge in [0.05, 0.1) is 18.2 Å². The van der Waals surface area contributed by atoms with Crippen LogP contribution >= 0.6 is 11.6 Å². The SMILES string of the molecule is CCC(CNC(=O)NCC1(CO)CC1)Oc1ccccc1Cl. The summed E-state index contributed by atoms with van der Waals surface area (Å²) in [6, 6.07) is 7.05. The number of ether oxygens (including phenoxy) is 1. The highest BCUT2D eigenvalue weighted by Crippen LogP contribution is 2.44. The smallest absolute Gasteiger partial charge is 0.314 e. The number of urea groups is 1. The Morgan fingerprint density at radius 3 is 2.73 bits per heavy atom. The van der Waals surface area contributed by atoms with Crippen LogP contribution in [0.3, 0.4) is 0 Å². The zero-order valence-electron chi connectivity index (χ0n) is 12.8. The minimum atomic E-state index is -0.235. The van der Waals surface area contributed by atoms with Crippen LogP contribution in [0.15, 0.2) is 24.3 Å². The van der Waals surface area contributed by atoms with Gasteiger partial charge in [0.2, 0.25) is 0 Å². The van der Waals surface area contributed by atoms with Gasteiger partial charge in [-0.25, -0.2) is 4.79 Å². The van der Waals surface area contributed by atoms with Gasteiger partial charge < -0.3 is 20.5 Å². The number of rotatable bonds is 8. The molecule has 5 nitrogen and oxygen atoms in total. The van der Waals surface area contributed by atoms with E-state index < -0.39 is 0 Å². The second-order valence-electron chi connectivity index (χ2n) is 5.80. The number of carbonyl (C=O) groups excluding carboxylic acids is 1. The highest BCUT2D eigenvalue weighted by Gasteiger charge is 2.42. The average molecular weight is 327 g/mol. The summed E-state index contributed by atoms with van der Waals surface area (Å²) in [7, 11) is 0. The molecule has 1 aliphatic carbocycles. The van der Waals surface area contributed by atoms with E-state index in [1.54, 1.807) is 6.07 Å². The minimum absolute atomic E-state index is 0.0877. The summed E-state index contributed by atoms with van der Waals surface area (Å²) in [6.45, 7) is 3.03. The highest BCUT2D eigenvalue weighted by molar-refractivity contribution is 6.32. The maximum Gasteiger partial charge on any atom is 0.314 e. The Kier molecular flexibility index (Phi) is 5.91. The third-order valence-corrected chi connectivity index (χ3v) is 4.30. The molecule has 1 fully saturated rings. The van der Waals surface area contributed by atoms with Crippen molar-refractivity contribution in [2.45, 2.75) is 32.3 Å². The first-order valence-corrected chi connectivity index (χ1v) is 8.00. The molecule has 2 rings (SSSR count). The molecule has 1 aromatic rings. The van der Waals surface area contributed by atoms with Crippen molar-refractivity contribution in [3.63, 3.8) is 0 Å². The molecular formula is C16H23ClN2O3. The number of benzene rings is 1. The quantitative estimate of drug-likeness (QED) is 0.687. The van der Waals surface area contributed by atoms with Crippen LogP contribution in [0, 0.1) is 5.41 Å². The summed E-state index contributed by atoms with van der Waals surface area (Å²) in [5.41, 5.74) is -0.0877. The number of amides is 2. The summed E-state index contributed by atoms with van der Waals surface area (Å²) in [4.78, 5) is 11.8. The fourth-order valence-electron chi connectivity index (χ4n) is 2.09. The zero-order valence-corrected chi connectivity index (χ0v) is 13.5. The maximum atomic E-state index is 11.8. The standard InChI is InChI=1S/C16H23ClN2O3/c1-2-12(22-14-6-4-3-5-13(14)17)9-18-15(21)19-10-16(11-20)7-8-16/h3-6,12,20H,2,7-11H2,1H3,(H2,18,19,21). The van der Waals surface area contributed by atoms with Crippen LogP contribution in [-0.4, -0.2) is 36.9 Å². The molecule has 0 heterocycles. The molecule has 1 atom stereocenters. The van der Waals surface area contributed by atoms with Crippen molar-refractivity contribution >= 4 is 17.6 Å². The minimum Gasteiger partial charge on any atom is -0.487 e. The second kappa shape index (κ2) is 7.70. The number of aliphatic hydroxyl groups excluding tert-OH is 1. The molecule has 1 aliphatic rings. The Labute approximate surface area is 136 Å². The topological polar surface area (TPSA) is 70.6 Å². The van der Waals surface area contributed by atoms with Crippen LogP contribution in [0.5, 0.6) is 5.75 Å². The van der Waals surface area contributed by atoms with Gasteiger partial charge in [0.15, 0.2) is 0 Å². The first-order valence-electron chi connectivity index (χ1n) is 7.62. The third-order valence-electron chi connectivity index (χ3n) is 3.99. The molecule has 1 saturated carbocycles. The van der Waals surface area contributed by atoms with Gasteiger partial charge >= 0.3 is 6.03 Å². The van der Waals surface area contributed by atoms with E-state index in [2.05, 4.69) is 10.6 Å². The molecule has 0 radical (unpaired) electrons. The van der Waals surface area contributed by atoms with Crippen molar-refractivity contribution in [2.75, 3.05) is 19.7 Å². The van der Waals surface area contributed by atoms with Crippen LogP contribution in [0.2, 0.25) is 5.02 Å².